The topological polar surface area (TPSA) is 77.9 Å². The van der Waals surface area contributed by atoms with Crippen molar-refractivity contribution in [1.82, 2.24) is 4.98 Å². The Morgan fingerprint density at radius 2 is 2.05 bits per heavy atom. The fourth-order valence-electron chi connectivity index (χ4n) is 1.54. The fraction of sp³-hybridized carbons (Fsp3) is 0.455. The Bertz CT molecular complexity index is 499. The molecule has 1 aromatic heterocycles. The SMILES string of the molecule is O=C(O)c1ccc(C(F)(F)F)c(OCC2OCCO2)n1. The molecule has 1 aliphatic rings. The number of aromatic nitrogens is 1. The lowest BCUT2D eigenvalue weighted by Crippen LogP contribution is -2.21. The van der Waals surface area contributed by atoms with E-state index in [2.05, 4.69) is 4.98 Å². The van der Waals surface area contributed by atoms with E-state index in [-0.39, 0.29) is 6.61 Å². The quantitative estimate of drug-likeness (QED) is 0.907. The van der Waals surface area contributed by atoms with Gasteiger partial charge in [-0.05, 0) is 12.1 Å². The second-order valence-corrected chi connectivity index (χ2v) is 3.83. The van der Waals surface area contributed by atoms with Crippen molar-refractivity contribution in [2.75, 3.05) is 19.8 Å². The summed E-state index contributed by atoms with van der Waals surface area (Å²) in [6.45, 7) is 0.338. The number of pyridine rings is 1. The Balaban J connectivity index is 2.21. The second kappa shape index (κ2) is 5.63. The van der Waals surface area contributed by atoms with E-state index in [1.165, 1.54) is 0 Å². The molecule has 2 rings (SSSR count). The van der Waals surface area contributed by atoms with Gasteiger partial charge in [0.15, 0.2) is 12.0 Å². The van der Waals surface area contributed by atoms with Gasteiger partial charge in [0.05, 0.1) is 13.2 Å². The van der Waals surface area contributed by atoms with Crippen molar-refractivity contribution < 1.29 is 37.3 Å². The molecule has 1 fully saturated rings. The average molecular weight is 293 g/mol. The molecular formula is C11H10F3NO5. The second-order valence-electron chi connectivity index (χ2n) is 3.83. The van der Waals surface area contributed by atoms with Crippen molar-refractivity contribution in [3.8, 4) is 5.88 Å². The molecule has 0 aliphatic carbocycles. The molecule has 110 valence electrons. The van der Waals surface area contributed by atoms with Crippen LogP contribution in [0.15, 0.2) is 12.1 Å². The first-order valence-corrected chi connectivity index (χ1v) is 5.55. The zero-order valence-corrected chi connectivity index (χ0v) is 10.0. The molecule has 0 radical (unpaired) electrons. The number of rotatable bonds is 4. The summed E-state index contributed by atoms with van der Waals surface area (Å²) >= 11 is 0. The summed E-state index contributed by atoms with van der Waals surface area (Å²) in [6, 6.07) is 1.38. The minimum absolute atomic E-state index is 0.306. The Labute approximate surface area is 111 Å². The maximum Gasteiger partial charge on any atom is 0.421 e. The van der Waals surface area contributed by atoms with Crippen LogP contribution in [0.25, 0.3) is 0 Å². The molecule has 20 heavy (non-hydrogen) atoms. The van der Waals surface area contributed by atoms with Crippen molar-refractivity contribution >= 4 is 5.97 Å². The van der Waals surface area contributed by atoms with E-state index >= 15 is 0 Å². The minimum Gasteiger partial charge on any atom is -0.477 e. The summed E-state index contributed by atoms with van der Waals surface area (Å²) in [5, 5.41) is 8.73. The number of hydrogen-bond acceptors (Lipinski definition) is 5. The molecule has 0 spiro atoms. The first-order chi connectivity index (χ1) is 9.38. The largest absolute Gasteiger partial charge is 0.477 e. The van der Waals surface area contributed by atoms with Gasteiger partial charge in [0, 0.05) is 0 Å². The van der Waals surface area contributed by atoms with Crippen LogP contribution in [0.1, 0.15) is 16.1 Å². The van der Waals surface area contributed by atoms with Gasteiger partial charge < -0.3 is 19.3 Å². The van der Waals surface area contributed by atoms with E-state index < -0.39 is 35.6 Å². The van der Waals surface area contributed by atoms with Gasteiger partial charge >= 0.3 is 12.1 Å². The fourth-order valence-corrected chi connectivity index (χ4v) is 1.54. The molecule has 0 atom stereocenters. The summed E-state index contributed by atoms with van der Waals surface area (Å²) in [6.07, 6.45) is -5.48. The summed E-state index contributed by atoms with van der Waals surface area (Å²) in [7, 11) is 0. The molecule has 0 saturated carbocycles. The Hall–Kier alpha value is -1.87. The van der Waals surface area contributed by atoms with E-state index in [9.17, 15) is 18.0 Å². The monoisotopic (exact) mass is 293 g/mol. The molecule has 0 unspecified atom stereocenters. The first-order valence-electron chi connectivity index (χ1n) is 5.55. The zero-order valence-electron chi connectivity index (χ0n) is 10.0. The highest BCUT2D eigenvalue weighted by Gasteiger charge is 2.36. The van der Waals surface area contributed by atoms with Gasteiger partial charge in [-0.1, -0.05) is 0 Å². The average Bonchev–Trinajstić information content (AvgIpc) is 2.87. The van der Waals surface area contributed by atoms with E-state index in [1.54, 1.807) is 0 Å². The summed E-state index contributed by atoms with van der Waals surface area (Å²) in [5.74, 6) is -2.26. The third-order valence-corrected chi connectivity index (χ3v) is 2.43. The maximum absolute atomic E-state index is 12.8. The van der Waals surface area contributed by atoms with Crippen LogP contribution in [0.5, 0.6) is 5.88 Å². The molecule has 1 N–H and O–H groups in total. The number of halogens is 3. The van der Waals surface area contributed by atoms with Crippen LogP contribution in [-0.2, 0) is 15.7 Å². The normalized spacial score (nSPS) is 16.4. The predicted octanol–water partition coefficient (Wildman–Crippen LogP) is 1.55. The summed E-state index contributed by atoms with van der Waals surface area (Å²) < 4.78 is 53.2. The lowest BCUT2D eigenvalue weighted by molar-refractivity contribution is -0.140. The van der Waals surface area contributed by atoms with Crippen molar-refractivity contribution in [2.24, 2.45) is 0 Å². The standard InChI is InChI=1S/C11H10F3NO5/c12-11(13,14)6-1-2-7(10(16)17)15-9(6)20-5-8-18-3-4-19-8/h1-2,8H,3-5H2,(H,16,17). The van der Waals surface area contributed by atoms with Crippen molar-refractivity contribution in [3.63, 3.8) is 0 Å². The number of nitrogens with zero attached hydrogens (tertiary/aromatic N) is 1. The number of carboxylic acid groups (broad SMARTS) is 1. The van der Waals surface area contributed by atoms with E-state index in [1.807, 2.05) is 0 Å². The van der Waals surface area contributed by atoms with Crippen LogP contribution >= 0.6 is 0 Å². The van der Waals surface area contributed by atoms with Crippen LogP contribution in [0.3, 0.4) is 0 Å². The molecule has 6 nitrogen and oxygen atoms in total. The van der Waals surface area contributed by atoms with E-state index in [0.29, 0.717) is 19.3 Å². The zero-order chi connectivity index (χ0) is 14.8. The molecule has 2 heterocycles. The van der Waals surface area contributed by atoms with Gasteiger partial charge in [-0.25, -0.2) is 9.78 Å². The number of carboxylic acids is 1. The number of hydrogen-bond donors (Lipinski definition) is 1. The first kappa shape index (κ1) is 14.5. The molecule has 0 amide bonds. The molecule has 1 aromatic rings. The molecule has 9 heteroatoms. The third kappa shape index (κ3) is 3.36. The summed E-state index contributed by atoms with van der Waals surface area (Å²) in [5.41, 5.74) is -1.69. The molecular weight excluding hydrogens is 283 g/mol. The highest BCUT2D eigenvalue weighted by atomic mass is 19.4. The van der Waals surface area contributed by atoms with Crippen LogP contribution in [0.2, 0.25) is 0 Å². The van der Waals surface area contributed by atoms with Crippen LogP contribution in [-0.4, -0.2) is 42.2 Å². The highest BCUT2D eigenvalue weighted by Crippen LogP contribution is 2.35. The molecule has 1 saturated heterocycles. The van der Waals surface area contributed by atoms with E-state index in [0.717, 1.165) is 6.07 Å². The van der Waals surface area contributed by atoms with Gasteiger partial charge in [-0.15, -0.1) is 0 Å². The lowest BCUT2D eigenvalue weighted by atomic mass is 10.2. The molecule has 1 aliphatic heterocycles. The number of carbonyl (C=O) groups is 1. The third-order valence-electron chi connectivity index (χ3n) is 2.43. The van der Waals surface area contributed by atoms with Gasteiger partial charge in [-0.2, -0.15) is 13.2 Å². The smallest absolute Gasteiger partial charge is 0.421 e. The number of alkyl halides is 3. The van der Waals surface area contributed by atoms with E-state index in [4.69, 9.17) is 19.3 Å². The van der Waals surface area contributed by atoms with Crippen LogP contribution < -0.4 is 4.74 Å². The van der Waals surface area contributed by atoms with Gasteiger partial charge in [0.1, 0.15) is 12.2 Å². The van der Waals surface area contributed by atoms with Gasteiger partial charge in [0.25, 0.3) is 0 Å². The Morgan fingerprint density at radius 3 is 2.60 bits per heavy atom. The van der Waals surface area contributed by atoms with Crippen LogP contribution in [0.4, 0.5) is 13.2 Å². The Kier molecular flexibility index (Phi) is 4.09. The highest BCUT2D eigenvalue weighted by molar-refractivity contribution is 5.85. The summed E-state index contributed by atoms with van der Waals surface area (Å²) in [4.78, 5) is 14.1. The maximum atomic E-state index is 12.8. The molecule has 0 bridgehead atoms. The molecule has 0 aromatic carbocycles. The van der Waals surface area contributed by atoms with Crippen molar-refractivity contribution in [2.45, 2.75) is 12.5 Å². The van der Waals surface area contributed by atoms with Gasteiger partial charge in [0.2, 0.25) is 5.88 Å². The predicted molar refractivity (Wildman–Crippen MR) is 57.4 cm³/mol. The Morgan fingerprint density at radius 1 is 1.40 bits per heavy atom. The van der Waals surface area contributed by atoms with Gasteiger partial charge in [-0.3, -0.25) is 0 Å². The lowest BCUT2D eigenvalue weighted by Gasteiger charge is -2.15. The number of ether oxygens (including phenoxy) is 3. The van der Waals surface area contributed by atoms with Crippen molar-refractivity contribution in [1.29, 1.82) is 0 Å². The van der Waals surface area contributed by atoms with Crippen molar-refractivity contribution in [3.05, 3.63) is 23.4 Å². The number of aromatic carboxylic acids is 1. The minimum atomic E-state index is -4.70. The van der Waals surface area contributed by atoms with Crippen LogP contribution in [0, 0.1) is 0 Å².